The quantitative estimate of drug-likeness (QED) is 0.708. The Labute approximate surface area is 182 Å². The van der Waals surface area contributed by atoms with Crippen LogP contribution >= 0.6 is 0 Å². The second kappa shape index (κ2) is 7.75. The third-order valence-corrected chi connectivity index (χ3v) is 6.34. The van der Waals surface area contributed by atoms with Gasteiger partial charge >= 0.3 is 6.18 Å². The van der Waals surface area contributed by atoms with Crippen molar-refractivity contribution in [2.24, 2.45) is 5.41 Å². The summed E-state index contributed by atoms with van der Waals surface area (Å²) >= 11 is 0. The van der Waals surface area contributed by atoms with Crippen molar-refractivity contribution in [3.05, 3.63) is 57.5 Å². The molecule has 0 aliphatic carbocycles. The van der Waals surface area contributed by atoms with Gasteiger partial charge in [-0.1, -0.05) is 12.1 Å². The summed E-state index contributed by atoms with van der Waals surface area (Å²) in [5.74, 6) is -0.696. The molecule has 0 radical (unpaired) electrons. The molecular weight excluding hydrogens is 425 g/mol. The Balaban J connectivity index is 1.70. The molecule has 2 saturated heterocycles. The van der Waals surface area contributed by atoms with Gasteiger partial charge in [-0.25, -0.2) is 4.68 Å². The van der Waals surface area contributed by atoms with E-state index in [4.69, 9.17) is 0 Å². The monoisotopic (exact) mass is 448 g/mol. The molecule has 2 aliphatic rings. The van der Waals surface area contributed by atoms with E-state index in [2.05, 4.69) is 5.10 Å². The molecule has 10 heteroatoms. The minimum absolute atomic E-state index is 0.0209. The van der Waals surface area contributed by atoms with Crippen LogP contribution in [-0.4, -0.2) is 58.1 Å². The number of para-hydroxylation sites is 1. The van der Waals surface area contributed by atoms with Gasteiger partial charge < -0.3 is 9.80 Å². The summed E-state index contributed by atoms with van der Waals surface area (Å²) in [5.41, 5.74) is -2.81. The molecule has 3 heterocycles. The Hall–Kier alpha value is -3.17. The van der Waals surface area contributed by atoms with Crippen LogP contribution in [0.3, 0.4) is 0 Å². The van der Waals surface area contributed by atoms with Crippen LogP contribution in [0.5, 0.6) is 0 Å². The number of nitrogens with zero attached hydrogens (tertiary/aromatic N) is 4. The van der Waals surface area contributed by atoms with Crippen molar-refractivity contribution in [3.8, 4) is 5.69 Å². The zero-order valence-electron chi connectivity index (χ0n) is 17.8. The first-order valence-corrected chi connectivity index (χ1v) is 10.4. The Morgan fingerprint density at radius 1 is 1.12 bits per heavy atom. The van der Waals surface area contributed by atoms with Crippen LogP contribution < -0.4 is 5.43 Å². The predicted octanol–water partition coefficient (Wildman–Crippen LogP) is 2.64. The lowest BCUT2D eigenvalue weighted by Crippen LogP contribution is -2.48. The highest BCUT2D eigenvalue weighted by Crippen LogP contribution is 2.40. The zero-order valence-corrected chi connectivity index (χ0v) is 17.8. The normalized spacial score (nSPS) is 21.5. The first kappa shape index (κ1) is 22.0. The molecule has 0 N–H and O–H groups in total. The highest BCUT2D eigenvalue weighted by atomic mass is 19.4. The van der Waals surface area contributed by atoms with Crippen molar-refractivity contribution in [2.45, 2.75) is 32.4 Å². The molecule has 2 fully saturated rings. The average Bonchev–Trinajstić information content (AvgIpc) is 3.16. The molecule has 1 aromatic carbocycles. The minimum Gasteiger partial charge on any atom is -0.345 e. The van der Waals surface area contributed by atoms with E-state index >= 15 is 0 Å². The zero-order chi connectivity index (χ0) is 23.3. The molecule has 1 spiro atoms. The summed E-state index contributed by atoms with van der Waals surface area (Å²) in [7, 11) is 1.73. The Kier molecular flexibility index (Phi) is 5.34. The van der Waals surface area contributed by atoms with Crippen LogP contribution in [0.25, 0.3) is 5.69 Å². The maximum Gasteiger partial charge on any atom is 0.418 e. The molecule has 32 heavy (non-hydrogen) atoms. The Morgan fingerprint density at radius 3 is 2.56 bits per heavy atom. The lowest BCUT2D eigenvalue weighted by molar-refractivity contribution is -0.143. The van der Waals surface area contributed by atoms with Gasteiger partial charge in [-0.15, -0.1) is 0 Å². The number of piperidine rings is 1. The van der Waals surface area contributed by atoms with Crippen LogP contribution in [0.15, 0.2) is 35.1 Å². The van der Waals surface area contributed by atoms with Crippen LogP contribution in [0.1, 0.15) is 41.0 Å². The number of aromatic nitrogens is 2. The highest BCUT2D eigenvalue weighted by molar-refractivity contribution is 5.93. The molecule has 1 unspecified atom stereocenters. The smallest absolute Gasteiger partial charge is 0.345 e. The number of carbonyl (C=O) groups is 2. The van der Waals surface area contributed by atoms with Gasteiger partial charge in [-0.2, -0.15) is 18.3 Å². The van der Waals surface area contributed by atoms with E-state index < -0.39 is 34.2 Å². The van der Waals surface area contributed by atoms with Crippen molar-refractivity contribution in [2.75, 3.05) is 26.7 Å². The molecule has 0 saturated carbocycles. The van der Waals surface area contributed by atoms with E-state index in [0.717, 1.165) is 23.2 Å². The molecule has 4 rings (SSSR count). The molecule has 1 aromatic heterocycles. The summed E-state index contributed by atoms with van der Waals surface area (Å²) in [6.45, 7) is 2.57. The van der Waals surface area contributed by atoms with Crippen LogP contribution in [0, 0.1) is 12.3 Å². The SMILES string of the molecule is Cc1cc(=O)c(C(=O)N2CCC3(CCCN(C)C3=O)C2)nn1-c1ccccc1C(F)(F)F. The fourth-order valence-electron chi connectivity index (χ4n) is 4.68. The fourth-order valence-corrected chi connectivity index (χ4v) is 4.68. The average molecular weight is 448 g/mol. The summed E-state index contributed by atoms with van der Waals surface area (Å²) < 4.78 is 41.5. The molecule has 2 aliphatic heterocycles. The molecule has 1 atom stereocenters. The molecule has 2 aromatic rings. The standard InChI is InChI=1S/C22H23F3N4O3/c1-14-12-17(30)18(26-29(14)16-7-4-3-6-15(16)22(23,24)25)19(31)28-11-9-21(13-28)8-5-10-27(2)20(21)32/h3-4,6-7,12H,5,8-11,13H2,1-2H3. The first-order valence-electron chi connectivity index (χ1n) is 10.4. The Bertz CT molecular complexity index is 1140. The van der Waals surface area contributed by atoms with Crippen molar-refractivity contribution in [1.82, 2.24) is 19.6 Å². The molecule has 170 valence electrons. The summed E-state index contributed by atoms with van der Waals surface area (Å²) in [5, 5.41) is 4.05. The van der Waals surface area contributed by atoms with Crippen molar-refractivity contribution in [3.63, 3.8) is 0 Å². The number of hydrogen-bond acceptors (Lipinski definition) is 4. The number of amides is 2. The largest absolute Gasteiger partial charge is 0.418 e. The van der Waals surface area contributed by atoms with Crippen molar-refractivity contribution >= 4 is 11.8 Å². The van der Waals surface area contributed by atoms with E-state index in [1.807, 2.05) is 0 Å². The van der Waals surface area contributed by atoms with E-state index in [0.29, 0.717) is 19.4 Å². The number of hydrogen-bond donors (Lipinski definition) is 0. The van der Waals surface area contributed by atoms with Gasteiger partial charge in [-0.3, -0.25) is 14.4 Å². The van der Waals surface area contributed by atoms with E-state index in [9.17, 15) is 27.6 Å². The number of likely N-dealkylation sites (tertiary alicyclic amines) is 2. The van der Waals surface area contributed by atoms with Gasteiger partial charge in [0.2, 0.25) is 11.3 Å². The first-order chi connectivity index (χ1) is 15.0. The number of carbonyl (C=O) groups excluding carboxylic acids is 2. The topological polar surface area (TPSA) is 75.5 Å². The van der Waals surface area contributed by atoms with Crippen LogP contribution in [-0.2, 0) is 11.0 Å². The van der Waals surface area contributed by atoms with E-state index in [1.165, 1.54) is 30.0 Å². The summed E-state index contributed by atoms with van der Waals surface area (Å²) in [6, 6.07) is 5.96. The predicted molar refractivity (Wildman–Crippen MR) is 109 cm³/mol. The third kappa shape index (κ3) is 3.67. The number of rotatable bonds is 2. The highest BCUT2D eigenvalue weighted by Gasteiger charge is 2.49. The third-order valence-electron chi connectivity index (χ3n) is 6.34. The minimum atomic E-state index is -4.63. The number of halogens is 3. The van der Waals surface area contributed by atoms with E-state index in [1.54, 1.807) is 11.9 Å². The second-order valence-corrected chi connectivity index (χ2v) is 8.51. The lowest BCUT2D eigenvalue weighted by atomic mass is 9.78. The molecule has 7 nitrogen and oxygen atoms in total. The lowest BCUT2D eigenvalue weighted by Gasteiger charge is -2.37. The maximum atomic E-state index is 13.5. The summed E-state index contributed by atoms with van der Waals surface area (Å²) in [4.78, 5) is 41.5. The fraction of sp³-hybridized carbons (Fsp3) is 0.455. The Morgan fingerprint density at radius 2 is 1.84 bits per heavy atom. The second-order valence-electron chi connectivity index (χ2n) is 8.51. The maximum absolute atomic E-state index is 13.5. The summed E-state index contributed by atoms with van der Waals surface area (Å²) in [6.07, 6.45) is -2.66. The molecular formula is C22H23F3N4O3. The number of alkyl halides is 3. The van der Waals surface area contributed by atoms with Crippen molar-refractivity contribution < 1.29 is 22.8 Å². The van der Waals surface area contributed by atoms with Gasteiger partial charge in [0.15, 0.2) is 5.69 Å². The van der Waals surface area contributed by atoms with Gasteiger partial charge in [0, 0.05) is 38.4 Å². The van der Waals surface area contributed by atoms with Gasteiger partial charge in [-0.05, 0) is 38.3 Å². The van der Waals surface area contributed by atoms with Crippen LogP contribution in [0.2, 0.25) is 0 Å². The molecule has 0 bridgehead atoms. The van der Waals surface area contributed by atoms with Gasteiger partial charge in [0.25, 0.3) is 5.91 Å². The molecule has 2 amide bonds. The van der Waals surface area contributed by atoms with Crippen molar-refractivity contribution in [1.29, 1.82) is 0 Å². The van der Waals surface area contributed by atoms with E-state index in [-0.39, 0.29) is 30.4 Å². The van der Waals surface area contributed by atoms with Gasteiger partial charge in [0.05, 0.1) is 16.7 Å². The number of aryl methyl sites for hydroxylation is 1. The van der Waals surface area contributed by atoms with Crippen LogP contribution in [0.4, 0.5) is 13.2 Å². The van der Waals surface area contributed by atoms with Gasteiger partial charge in [0.1, 0.15) is 0 Å². The number of benzene rings is 1.